The predicted octanol–water partition coefficient (Wildman–Crippen LogP) is 1.87. The molecule has 3 heteroatoms. The van der Waals surface area contributed by atoms with E-state index in [4.69, 9.17) is 0 Å². The van der Waals surface area contributed by atoms with E-state index < -0.39 is 0 Å². The van der Waals surface area contributed by atoms with Crippen LogP contribution in [0.2, 0.25) is 0 Å². The zero-order chi connectivity index (χ0) is 11.3. The summed E-state index contributed by atoms with van der Waals surface area (Å²) in [5, 5.41) is 3.18. The first kappa shape index (κ1) is 12.1. The molecule has 0 bridgehead atoms. The van der Waals surface area contributed by atoms with Gasteiger partial charge in [-0.05, 0) is 38.7 Å². The van der Waals surface area contributed by atoms with Crippen LogP contribution >= 0.6 is 0 Å². The van der Waals surface area contributed by atoms with Crippen molar-refractivity contribution in [3.8, 4) is 0 Å². The Bertz CT molecular complexity index is 301. The molecule has 0 aromatic heterocycles. The van der Waals surface area contributed by atoms with Crippen molar-refractivity contribution in [1.29, 1.82) is 0 Å². The van der Waals surface area contributed by atoms with Crippen LogP contribution in [-0.4, -0.2) is 31.6 Å². The summed E-state index contributed by atoms with van der Waals surface area (Å²) in [6.45, 7) is 3.86. The fraction of sp³-hybridized carbons (Fsp3) is 0.500. The quantitative estimate of drug-likeness (QED) is 0.798. The Morgan fingerprint density at radius 2 is 2.20 bits per heavy atom. The van der Waals surface area contributed by atoms with E-state index in [1.165, 1.54) is 6.07 Å². The lowest BCUT2D eigenvalue weighted by molar-refractivity contribution is 0.295. The number of benzene rings is 1. The Morgan fingerprint density at radius 3 is 2.80 bits per heavy atom. The van der Waals surface area contributed by atoms with Crippen LogP contribution in [-0.2, 0) is 6.54 Å². The van der Waals surface area contributed by atoms with E-state index in [0.717, 1.165) is 18.7 Å². The van der Waals surface area contributed by atoms with Gasteiger partial charge in [-0.2, -0.15) is 0 Å². The van der Waals surface area contributed by atoms with Crippen LogP contribution in [0.5, 0.6) is 0 Å². The van der Waals surface area contributed by atoms with E-state index in [9.17, 15) is 4.39 Å². The maximum Gasteiger partial charge on any atom is 0.123 e. The topological polar surface area (TPSA) is 15.3 Å². The van der Waals surface area contributed by atoms with Gasteiger partial charge in [0.1, 0.15) is 5.82 Å². The van der Waals surface area contributed by atoms with Crippen LogP contribution in [0, 0.1) is 5.82 Å². The molecular formula is C12H19FN2. The fourth-order valence-corrected chi connectivity index (χ4v) is 1.57. The third-order valence-corrected chi connectivity index (χ3v) is 2.42. The molecule has 0 spiro atoms. The number of halogens is 1. The smallest absolute Gasteiger partial charge is 0.123 e. The van der Waals surface area contributed by atoms with Crippen molar-refractivity contribution in [3.63, 3.8) is 0 Å². The molecule has 0 aliphatic heterocycles. The molecule has 0 heterocycles. The maximum absolute atomic E-state index is 12.9. The van der Waals surface area contributed by atoms with E-state index in [0.29, 0.717) is 6.04 Å². The minimum atomic E-state index is -0.164. The van der Waals surface area contributed by atoms with E-state index in [1.807, 2.05) is 20.2 Å². The van der Waals surface area contributed by atoms with Crippen molar-refractivity contribution in [2.75, 3.05) is 20.6 Å². The maximum atomic E-state index is 12.9. The van der Waals surface area contributed by atoms with E-state index in [1.54, 1.807) is 12.1 Å². The molecule has 1 atom stereocenters. The molecule has 0 saturated heterocycles. The van der Waals surface area contributed by atoms with Crippen LogP contribution in [0.1, 0.15) is 12.5 Å². The minimum Gasteiger partial charge on any atom is -0.316 e. The Labute approximate surface area is 91.1 Å². The zero-order valence-corrected chi connectivity index (χ0v) is 9.63. The molecule has 0 saturated carbocycles. The Morgan fingerprint density at radius 1 is 1.47 bits per heavy atom. The largest absolute Gasteiger partial charge is 0.316 e. The lowest BCUT2D eigenvalue weighted by atomic mass is 10.2. The number of nitrogens with one attached hydrogen (secondary N) is 1. The summed E-state index contributed by atoms with van der Waals surface area (Å²) in [5.74, 6) is -0.164. The normalized spacial score (nSPS) is 13.1. The summed E-state index contributed by atoms with van der Waals surface area (Å²) in [7, 11) is 3.99. The van der Waals surface area contributed by atoms with E-state index in [-0.39, 0.29) is 5.82 Å². The predicted molar refractivity (Wildman–Crippen MR) is 61.3 cm³/mol. The molecule has 1 N–H and O–H groups in total. The van der Waals surface area contributed by atoms with Crippen molar-refractivity contribution in [2.45, 2.75) is 19.5 Å². The number of hydrogen-bond acceptors (Lipinski definition) is 2. The molecule has 1 rings (SSSR count). The second-order valence-electron chi connectivity index (χ2n) is 4.02. The molecule has 0 amide bonds. The monoisotopic (exact) mass is 210 g/mol. The highest BCUT2D eigenvalue weighted by Gasteiger charge is 2.05. The summed E-state index contributed by atoms with van der Waals surface area (Å²) in [6, 6.07) is 7.20. The second-order valence-corrected chi connectivity index (χ2v) is 4.02. The fourth-order valence-electron chi connectivity index (χ4n) is 1.57. The molecule has 0 radical (unpaired) electrons. The highest BCUT2D eigenvalue weighted by molar-refractivity contribution is 5.16. The second kappa shape index (κ2) is 5.83. The average Bonchev–Trinajstić information content (AvgIpc) is 2.17. The third kappa shape index (κ3) is 4.40. The van der Waals surface area contributed by atoms with Gasteiger partial charge in [0, 0.05) is 19.1 Å². The molecule has 15 heavy (non-hydrogen) atoms. The summed E-state index contributed by atoms with van der Waals surface area (Å²) in [6.07, 6.45) is 0. The van der Waals surface area contributed by atoms with Crippen molar-refractivity contribution in [2.24, 2.45) is 0 Å². The van der Waals surface area contributed by atoms with Crippen molar-refractivity contribution < 1.29 is 4.39 Å². The first-order chi connectivity index (χ1) is 7.11. The van der Waals surface area contributed by atoms with E-state index >= 15 is 0 Å². The zero-order valence-electron chi connectivity index (χ0n) is 9.63. The summed E-state index contributed by atoms with van der Waals surface area (Å²) >= 11 is 0. The molecule has 0 fully saturated rings. The van der Waals surface area contributed by atoms with Crippen molar-refractivity contribution in [3.05, 3.63) is 35.6 Å². The van der Waals surface area contributed by atoms with Gasteiger partial charge in [-0.25, -0.2) is 4.39 Å². The van der Waals surface area contributed by atoms with Crippen molar-refractivity contribution in [1.82, 2.24) is 10.2 Å². The van der Waals surface area contributed by atoms with E-state index in [2.05, 4.69) is 17.1 Å². The third-order valence-electron chi connectivity index (χ3n) is 2.42. The van der Waals surface area contributed by atoms with Gasteiger partial charge in [-0.15, -0.1) is 0 Å². The minimum absolute atomic E-state index is 0.164. The Kier molecular flexibility index (Phi) is 4.72. The van der Waals surface area contributed by atoms with Gasteiger partial charge in [0.15, 0.2) is 0 Å². The van der Waals surface area contributed by atoms with Gasteiger partial charge in [0.2, 0.25) is 0 Å². The van der Waals surface area contributed by atoms with Gasteiger partial charge in [-0.1, -0.05) is 12.1 Å². The molecule has 2 nitrogen and oxygen atoms in total. The van der Waals surface area contributed by atoms with Gasteiger partial charge >= 0.3 is 0 Å². The molecular weight excluding hydrogens is 191 g/mol. The van der Waals surface area contributed by atoms with Gasteiger partial charge < -0.3 is 10.2 Å². The number of nitrogens with zero attached hydrogens (tertiary/aromatic N) is 1. The van der Waals surface area contributed by atoms with Crippen LogP contribution in [0.3, 0.4) is 0 Å². The number of hydrogen-bond donors (Lipinski definition) is 1. The lowest BCUT2D eigenvalue weighted by Crippen LogP contribution is -2.34. The van der Waals surface area contributed by atoms with Gasteiger partial charge in [0.05, 0.1) is 0 Å². The molecule has 84 valence electrons. The summed E-state index contributed by atoms with van der Waals surface area (Å²) < 4.78 is 12.9. The van der Waals surface area contributed by atoms with Crippen LogP contribution in [0.4, 0.5) is 4.39 Å². The highest BCUT2D eigenvalue weighted by Crippen LogP contribution is 2.06. The molecule has 1 aromatic rings. The standard InChI is InChI=1S/C12H19FN2/c1-10(14-2)8-15(3)9-11-5-4-6-12(13)7-11/h4-7,10,14H,8-9H2,1-3H3. The average molecular weight is 210 g/mol. The first-order valence-corrected chi connectivity index (χ1v) is 5.22. The molecule has 0 aliphatic rings. The first-order valence-electron chi connectivity index (χ1n) is 5.22. The summed E-state index contributed by atoms with van der Waals surface area (Å²) in [4.78, 5) is 2.18. The van der Waals surface area contributed by atoms with Crippen LogP contribution < -0.4 is 5.32 Å². The summed E-state index contributed by atoms with van der Waals surface area (Å²) in [5.41, 5.74) is 1.01. The number of likely N-dealkylation sites (N-methyl/N-ethyl adjacent to an activating group) is 2. The van der Waals surface area contributed by atoms with Gasteiger partial charge in [-0.3, -0.25) is 0 Å². The molecule has 1 unspecified atom stereocenters. The Balaban J connectivity index is 2.47. The Hall–Kier alpha value is -0.930. The SMILES string of the molecule is CNC(C)CN(C)Cc1cccc(F)c1. The van der Waals surface area contributed by atoms with Crippen molar-refractivity contribution >= 4 is 0 Å². The number of rotatable bonds is 5. The highest BCUT2D eigenvalue weighted by atomic mass is 19.1. The molecule has 0 aliphatic carbocycles. The molecule has 1 aromatic carbocycles. The lowest BCUT2D eigenvalue weighted by Gasteiger charge is -2.20. The van der Waals surface area contributed by atoms with Gasteiger partial charge in [0.25, 0.3) is 0 Å². The van der Waals surface area contributed by atoms with Crippen LogP contribution in [0.25, 0.3) is 0 Å². The van der Waals surface area contributed by atoms with Crippen LogP contribution in [0.15, 0.2) is 24.3 Å².